The van der Waals surface area contributed by atoms with Crippen LogP contribution in [0.4, 0.5) is 0 Å². The molecule has 5 aliphatic heterocycles. The number of hydrogen-bond donors (Lipinski definition) is 13. The SMILES string of the molecule is COc1ccc(O[C@@H]2O[C@@H](C)[C@H](O)[C@@H](O)[C@H]2O[C@@H]2O[C@@H](C)[C@H](O)[C@@H](O)[C@H]2O[C@@H]2O[C@@H](C)[C@H](O)[C@@H](O)[C@H]2O[C@@H]2O[C@H](CO)[C@@H](O)[C@H](O[C@H]3O[C@H](CO)[C@@H](O)[C@H](O)[C@H]3O)[C@H]2NC(C)=O)cc1. The summed E-state index contributed by atoms with van der Waals surface area (Å²) in [6, 6.07) is 4.66. The Labute approximate surface area is 366 Å². The van der Waals surface area contributed by atoms with Crippen molar-refractivity contribution in [3.05, 3.63) is 24.3 Å². The van der Waals surface area contributed by atoms with E-state index in [0.29, 0.717) is 5.75 Å². The number of aliphatic hydroxyl groups is 12. The fraction of sp³-hybridized carbons (Fsp3) is 0.821. The van der Waals surface area contributed by atoms with Crippen LogP contribution in [0, 0.1) is 0 Å². The summed E-state index contributed by atoms with van der Waals surface area (Å²) in [6.07, 6.45) is -40.0. The molecule has 25 heteroatoms. The predicted octanol–water partition coefficient (Wildman–Crippen LogP) is -6.60. The van der Waals surface area contributed by atoms with E-state index >= 15 is 0 Å². The molecule has 0 bridgehead atoms. The molecule has 25 atom stereocenters. The Morgan fingerprint density at radius 2 is 0.906 bits per heavy atom. The number of ether oxygens (including phenoxy) is 11. The number of hydrogen-bond acceptors (Lipinski definition) is 24. The fourth-order valence-corrected chi connectivity index (χ4v) is 8.08. The van der Waals surface area contributed by atoms with Gasteiger partial charge in [-0.2, -0.15) is 0 Å². The van der Waals surface area contributed by atoms with Crippen molar-refractivity contribution in [2.75, 3.05) is 20.3 Å². The van der Waals surface area contributed by atoms with Crippen LogP contribution in [0.2, 0.25) is 0 Å². The first-order chi connectivity index (χ1) is 30.3. The van der Waals surface area contributed by atoms with Gasteiger partial charge in [-0.1, -0.05) is 0 Å². The highest BCUT2D eigenvalue weighted by Crippen LogP contribution is 2.37. The van der Waals surface area contributed by atoms with E-state index in [2.05, 4.69) is 5.32 Å². The number of rotatable bonds is 14. The quantitative estimate of drug-likeness (QED) is 0.0825. The lowest BCUT2D eigenvalue weighted by Gasteiger charge is -2.50. The van der Waals surface area contributed by atoms with Crippen molar-refractivity contribution in [2.45, 2.75) is 181 Å². The Bertz CT molecular complexity index is 1630. The maximum atomic E-state index is 12.6. The zero-order chi connectivity index (χ0) is 46.9. The van der Waals surface area contributed by atoms with Crippen LogP contribution in [0.3, 0.4) is 0 Å². The monoisotopic (exact) mass is 927 g/mol. The Kier molecular flexibility index (Phi) is 17.2. The molecule has 0 saturated carbocycles. The summed E-state index contributed by atoms with van der Waals surface area (Å²) in [5.41, 5.74) is 0. The third kappa shape index (κ3) is 10.8. The molecule has 0 aliphatic carbocycles. The average Bonchev–Trinajstić information content (AvgIpc) is 3.27. The minimum atomic E-state index is -1.98. The van der Waals surface area contributed by atoms with Gasteiger partial charge in [0.25, 0.3) is 0 Å². The highest BCUT2D eigenvalue weighted by molar-refractivity contribution is 5.73. The molecule has 0 spiro atoms. The highest BCUT2D eigenvalue weighted by atomic mass is 16.8. The van der Waals surface area contributed by atoms with Crippen molar-refractivity contribution >= 4 is 5.91 Å². The molecular weight excluding hydrogens is 866 g/mol. The molecule has 5 fully saturated rings. The zero-order valence-electron chi connectivity index (χ0n) is 35.4. The van der Waals surface area contributed by atoms with Gasteiger partial charge >= 0.3 is 0 Å². The maximum Gasteiger partial charge on any atom is 0.229 e. The summed E-state index contributed by atoms with van der Waals surface area (Å²) in [5.74, 6) is -0.0141. The van der Waals surface area contributed by atoms with Gasteiger partial charge < -0.3 is 119 Å². The number of methoxy groups -OCH3 is 1. The summed E-state index contributed by atoms with van der Waals surface area (Å²) in [7, 11) is 1.47. The zero-order valence-corrected chi connectivity index (χ0v) is 35.4. The van der Waals surface area contributed by atoms with Gasteiger partial charge in [0.1, 0.15) is 109 Å². The van der Waals surface area contributed by atoms with Gasteiger partial charge in [0.2, 0.25) is 12.2 Å². The van der Waals surface area contributed by atoms with Gasteiger partial charge in [-0.25, -0.2) is 0 Å². The number of nitrogens with one attached hydrogen (secondary N) is 1. The minimum absolute atomic E-state index is 0.243. The topological polar surface area (TPSA) is 373 Å². The van der Waals surface area contributed by atoms with Gasteiger partial charge in [0, 0.05) is 6.92 Å². The molecule has 64 heavy (non-hydrogen) atoms. The first-order valence-electron chi connectivity index (χ1n) is 20.8. The van der Waals surface area contributed by atoms with Gasteiger partial charge in [-0.05, 0) is 45.0 Å². The largest absolute Gasteiger partial charge is 0.497 e. The molecule has 6 rings (SSSR count). The molecular formula is C39H61NO24. The van der Waals surface area contributed by atoms with Gasteiger partial charge in [-0.3, -0.25) is 4.79 Å². The Morgan fingerprint density at radius 3 is 1.38 bits per heavy atom. The van der Waals surface area contributed by atoms with Crippen LogP contribution < -0.4 is 14.8 Å². The normalized spacial score (nSPS) is 47.7. The van der Waals surface area contributed by atoms with E-state index in [1.165, 1.54) is 27.9 Å². The molecule has 366 valence electrons. The Morgan fingerprint density at radius 1 is 0.500 bits per heavy atom. The number of aliphatic hydroxyl groups excluding tert-OH is 12. The molecule has 1 aromatic carbocycles. The standard InChI is InChI=1S/C39H61NO24/c1-12-21(44)27(50)32(37(55-12)58-17-8-6-16(54-5)7-9-17)63-39-34(29(52)23(46)14(3)57-39)64-38-33(28(51)22(45)13(2)56-38)62-35-20(40-15(4)43)31(25(48)19(11-42)59-35)61-36-30(53)26(49)24(47)18(10-41)60-36/h6-9,12-14,18-39,41-42,44-53H,10-11H2,1-5H3,(H,40,43)/t12-,13-,14-,18+,19+,20+,21-,22-,23-,24+,25+,26-,27+,28+,29+,30+,31+,32+,33+,34+,35-,36+,37-,38-,39-/m0/s1. The number of carbonyl (C=O) groups excluding carboxylic acids is 1. The maximum absolute atomic E-state index is 12.6. The Hall–Kier alpha value is -2.55. The molecule has 5 saturated heterocycles. The Balaban J connectivity index is 1.29. The lowest BCUT2D eigenvalue weighted by molar-refractivity contribution is -0.399. The summed E-state index contributed by atoms with van der Waals surface area (Å²) < 4.78 is 64.7. The molecule has 0 aromatic heterocycles. The van der Waals surface area contributed by atoms with E-state index in [9.17, 15) is 66.1 Å². The molecule has 13 N–H and O–H groups in total. The third-order valence-electron chi connectivity index (χ3n) is 11.9. The second kappa shape index (κ2) is 21.6. The second-order valence-electron chi connectivity index (χ2n) is 16.4. The van der Waals surface area contributed by atoms with Crippen LogP contribution in [-0.4, -0.2) is 241 Å². The van der Waals surface area contributed by atoms with Gasteiger partial charge in [0.15, 0.2) is 31.3 Å². The third-order valence-corrected chi connectivity index (χ3v) is 11.9. The van der Waals surface area contributed by atoms with Crippen molar-refractivity contribution < 1.29 is 118 Å². The van der Waals surface area contributed by atoms with Crippen LogP contribution in [0.5, 0.6) is 11.5 Å². The molecule has 0 unspecified atom stereocenters. The first-order valence-corrected chi connectivity index (χ1v) is 20.8. The van der Waals surface area contributed by atoms with E-state index < -0.39 is 173 Å². The summed E-state index contributed by atoms with van der Waals surface area (Å²) in [4.78, 5) is 12.6. The lowest BCUT2D eigenvalue weighted by Crippen LogP contribution is -2.70. The van der Waals surface area contributed by atoms with Crippen LogP contribution in [0.25, 0.3) is 0 Å². The second-order valence-corrected chi connectivity index (χ2v) is 16.4. The van der Waals surface area contributed by atoms with E-state index in [4.69, 9.17) is 52.1 Å². The van der Waals surface area contributed by atoms with Crippen LogP contribution >= 0.6 is 0 Å². The first kappa shape index (κ1) is 50.9. The summed E-state index contributed by atoms with van der Waals surface area (Å²) in [5, 5.41) is 132. The van der Waals surface area contributed by atoms with Crippen LogP contribution in [-0.2, 0) is 47.4 Å². The van der Waals surface area contributed by atoms with Crippen LogP contribution in [0.1, 0.15) is 27.7 Å². The van der Waals surface area contributed by atoms with Crippen molar-refractivity contribution in [1.29, 1.82) is 0 Å². The fourth-order valence-electron chi connectivity index (χ4n) is 8.08. The molecule has 1 amide bonds. The highest BCUT2D eigenvalue weighted by Gasteiger charge is 2.57. The van der Waals surface area contributed by atoms with Crippen molar-refractivity contribution in [1.82, 2.24) is 5.32 Å². The molecule has 0 radical (unpaired) electrons. The average molecular weight is 928 g/mol. The predicted molar refractivity (Wildman–Crippen MR) is 205 cm³/mol. The summed E-state index contributed by atoms with van der Waals surface area (Å²) >= 11 is 0. The van der Waals surface area contributed by atoms with Crippen LogP contribution in [0.15, 0.2) is 24.3 Å². The van der Waals surface area contributed by atoms with Gasteiger partial charge in [-0.15, -0.1) is 0 Å². The van der Waals surface area contributed by atoms with Crippen molar-refractivity contribution in [3.63, 3.8) is 0 Å². The molecule has 5 heterocycles. The van der Waals surface area contributed by atoms with E-state index in [0.717, 1.165) is 6.92 Å². The smallest absolute Gasteiger partial charge is 0.229 e. The van der Waals surface area contributed by atoms with E-state index in [1.54, 1.807) is 24.3 Å². The molecule has 25 nitrogen and oxygen atoms in total. The number of amides is 1. The van der Waals surface area contributed by atoms with Gasteiger partial charge in [0.05, 0.1) is 38.6 Å². The van der Waals surface area contributed by atoms with Crippen molar-refractivity contribution in [3.8, 4) is 11.5 Å². The minimum Gasteiger partial charge on any atom is -0.497 e. The van der Waals surface area contributed by atoms with Crippen molar-refractivity contribution in [2.24, 2.45) is 0 Å². The van der Waals surface area contributed by atoms with E-state index in [-0.39, 0.29) is 5.75 Å². The number of benzene rings is 1. The number of carbonyl (C=O) groups is 1. The lowest BCUT2D eigenvalue weighted by atomic mass is 9.94. The summed E-state index contributed by atoms with van der Waals surface area (Å²) in [6.45, 7) is 3.57. The molecule has 1 aromatic rings. The van der Waals surface area contributed by atoms with E-state index in [1.807, 2.05) is 0 Å². The molecule has 5 aliphatic rings.